The van der Waals surface area contributed by atoms with E-state index in [0.29, 0.717) is 30.9 Å². The quantitative estimate of drug-likeness (QED) is 0.771. The molecule has 2 heterocycles. The van der Waals surface area contributed by atoms with Crippen LogP contribution in [0.2, 0.25) is 0 Å². The van der Waals surface area contributed by atoms with Gasteiger partial charge in [0.05, 0.1) is 25.7 Å². The highest BCUT2D eigenvalue weighted by molar-refractivity contribution is 5.65. The van der Waals surface area contributed by atoms with Crippen LogP contribution in [0.5, 0.6) is 11.5 Å². The fourth-order valence-electron chi connectivity index (χ4n) is 2.92. The molecular formula is C15H14N2O2. The second-order valence-corrected chi connectivity index (χ2v) is 4.82. The van der Waals surface area contributed by atoms with E-state index in [9.17, 15) is 5.26 Å². The Kier molecular flexibility index (Phi) is 3.01. The van der Waals surface area contributed by atoms with Crippen LogP contribution in [0.3, 0.4) is 0 Å². The summed E-state index contributed by atoms with van der Waals surface area (Å²) in [6.45, 7) is 1.31. The molecule has 0 unspecified atom stereocenters. The molecule has 0 fully saturated rings. The summed E-state index contributed by atoms with van der Waals surface area (Å²) in [6.07, 6.45) is 3.84. The van der Waals surface area contributed by atoms with Crippen molar-refractivity contribution in [3.63, 3.8) is 0 Å². The zero-order valence-electron chi connectivity index (χ0n) is 10.7. The maximum Gasteiger partial charge on any atom is 0.141 e. The Morgan fingerprint density at radius 1 is 0.947 bits per heavy atom. The molecule has 19 heavy (non-hydrogen) atoms. The average molecular weight is 254 g/mol. The Balaban J connectivity index is 2.30. The van der Waals surface area contributed by atoms with Gasteiger partial charge >= 0.3 is 0 Å². The van der Waals surface area contributed by atoms with E-state index in [2.05, 4.69) is 12.1 Å². The third-order valence-corrected chi connectivity index (χ3v) is 3.72. The van der Waals surface area contributed by atoms with Gasteiger partial charge in [0.1, 0.15) is 23.1 Å². The van der Waals surface area contributed by atoms with Crippen molar-refractivity contribution >= 4 is 0 Å². The molecule has 0 N–H and O–H groups in total. The molecule has 0 radical (unpaired) electrons. The normalized spacial score (nSPS) is 16.1. The highest BCUT2D eigenvalue weighted by Gasteiger charge is 2.28. The molecular weight excluding hydrogens is 240 g/mol. The highest BCUT2D eigenvalue weighted by Crippen LogP contribution is 2.43. The van der Waals surface area contributed by atoms with Gasteiger partial charge in [-0.3, -0.25) is 0 Å². The molecule has 0 saturated carbocycles. The Morgan fingerprint density at radius 2 is 1.63 bits per heavy atom. The van der Waals surface area contributed by atoms with E-state index in [4.69, 9.17) is 14.7 Å². The van der Waals surface area contributed by atoms with E-state index in [1.807, 2.05) is 0 Å². The third kappa shape index (κ3) is 1.81. The van der Waals surface area contributed by atoms with E-state index in [-0.39, 0.29) is 0 Å². The van der Waals surface area contributed by atoms with Gasteiger partial charge in [-0.25, -0.2) is 0 Å². The molecule has 0 atom stereocenters. The Morgan fingerprint density at radius 3 is 2.32 bits per heavy atom. The van der Waals surface area contributed by atoms with Gasteiger partial charge in [-0.05, 0) is 25.7 Å². The molecule has 96 valence electrons. The maximum absolute atomic E-state index is 9.42. The fraction of sp³-hybridized carbons (Fsp3) is 0.467. The lowest BCUT2D eigenvalue weighted by Gasteiger charge is -2.28. The minimum atomic E-state index is 0.319. The largest absolute Gasteiger partial charge is 0.493 e. The van der Waals surface area contributed by atoms with Gasteiger partial charge in [-0.1, -0.05) is 0 Å². The second kappa shape index (κ2) is 4.82. The van der Waals surface area contributed by atoms with E-state index >= 15 is 0 Å². The minimum absolute atomic E-state index is 0.319. The van der Waals surface area contributed by atoms with Crippen LogP contribution >= 0.6 is 0 Å². The summed E-state index contributed by atoms with van der Waals surface area (Å²) in [5.41, 5.74) is 3.49. The lowest BCUT2D eigenvalue weighted by atomic mass is 9.88. The first kappa shape index (κ1) is 11.9. The second-order valence-electron chi connectivity index (χ2n) is 4.82. The molecule has 0 spiro atoms. The number of benzene rings is 1. The summed E-state index contributed by atoms with van der Waals surface area (Å²) < 4.78 is 11.5. The standard InChI is InChI=1S/C15H14N2O2/c16-6-5-12-10-3-1-8-19-15(10)13(9-17)11-4-2-7-18-14(11)12/h1-5,7-8H2. The van der Waals surface area contributed by atoms with Crippen molar-refractivity contribution in [3.05, 3.63) is 22.3 Å². The van der Waals surface area contributed by atoms with Crippen molar-refractivity contribution in [2.24, 2.45) is 0 Å². The molecule has 4 nitrogen and oxygen atoms in total. The number of ether oxygens (including phenoxy) is 2. The minimum Gasteiger partial charge on any atom is -0.493 e. The molecule has 0 saturated heterocycles. The van der Waals surface area contributed by atoms with E-state index in [1.54, 1.807) is 0 Å². The van der Waals surface area contributed by atoms with E-state index in [0.717, 1.165) is 48.1 Å². The summed E-state index contributed by atoms with van der Waals surface area (Å²) >= 11 is 0. The van der Waals surface area contributed by atoms with Crippen molar-refractivity contribution < 1.29 is 9.47 Å². The molecule has 2 aliphatic heterocycles. The first-order valence-corrected chi connectivity index (χ1v) is 6.60. The molecule has 1 aromatic carbocycles. The Bertz CT molecular complexity index is 571. The lowest BCUT2D eigenvalue weighted by Crippen LogP contribution is -2.19. The summed E-state index contributed by atoms with van der Waals surface area (Å²) in [5.74, 6) is 1.47. The zero-order chi connectivity index (χ0) is 13.2. The predicted octanol–water partition coefficient (Wildman–Crippen LogP) is 2.27. The van der Waals surface area contributed by atoms with E-state index < -0.39 is 0 Å². The van der Waals surface area contributed by atoms with Crippen molar-refractivity contribution in [3.8, 4) is 23.6 Å². The lowest BCUT2D eigenvalue weighted by molar-refractivity contribution is 0.269. The molecule has 3 rings (SSSR count). The topological polar surface area (TPSA) is 66.0 Å². The molecule has 4 heteroatoms. The van der Waals surface area contributed by atoms with Crippen molar-refractivity contribution in [2.75, 3.05) is 13.2 Å². The Hall–Kier alpha value is -2.20. The number of hydrogen-bond acceptors (Lipinski definition) is 4. The summed E-state index contributed by atoms with van der Waals surface area (Å²) in [7, 11) is 0. The molecule has 0 aliphatic carbocycles. The molecule has 2 aliphatic rings. The number of fused-ring (bicyclic) bond motifs is 2. The van der Waals surface area contributed by atoms with Crippen LogP contribution in [0.4, 0.5) is 0 Å². The van der Waals surface area contributed by atoms with Crippen molar-refractivity contribution in [2.45, 2.75) is 32.1 Å². The van der Waals surface area contributed by atoms with Gasteiger partial charge in [-0.15, -0.1) is 0 Å². The van der Waals surface area contributed by atoms with Crippen molar-refractivity contribution in [1.29, 1.82) is 10.5 Å². The summed E-state index contributed by atoms with van der Waals surface area (Å²) in [6, 6.07) is 4.47. The third-order valence-electron chi connectivity index (χ3n) is 3.72. The highest BCUT2D eigenvalue weighted by atomic mass is 16.5. The average Bonchev–Trinajstić information content (AvgIpc) is 2.47. The zero-order valence-corrected chi connectivity index (χ0v) is 10.7. The number of rotatable bonds is 1. The van der Waals surface area contributed by atoms with Gasteiger partial charge in [-0.2, -0.15) is 10.5 Å². The monoisotopic (exact) mass is 254 g/mol. The predicted molar refractivity (Wildman–Crippen MR) is 68.1 cm³/mol. The molecule has 0 aromatic heterocycles. The molecule has 1 aromatic rings. The SMILES string of the molecule is N#CCc1c2c(c(C#N)c3c1OCCC3)OCCC2. The summed E-state index contributed by atoms with van der Waals surface area (Å²) in [4.78, 5) is 0. The van der Waals surface area contributed by atoms with Crippen LogP contribution in [0.1, 0.15) is 35.1 Å². The van der Waals surface area contributed by atoms with Crippen LogP contribution in [0.15, 0.2) is 0 Å². The van der Waals surface area contributed by atoms with Crippen molar-refractivity contribution in [1.82, 2.24) is 0 Å². The van der Waals surface area contributed by atoms with Gasteiger partial charge in [0.15, 0.2) is 0 Å². The summed E-state index contributed by atoms with van der Waals surface area (Å²) in [5, 5.41) is 18.5. The van der Waals surface area contributed by atoms with Crippen LogP contribution < -0.4 is 9.47 Å². The number of hydrogen-bond donors (Lipinski definition) is 0. The first-order chi connectivity index (χ1) is 9.36. The van der Waals surface area contributed by atoms with Crippen LogP contribution in [-0.4, -0.2) is 13.2 Å². The number of nitrogens with zero attached hydrogens (tertiary/aromatic N) is 2. The van der Waals surface area contributed by atoms with Gasteiger partial charge < -0.3 is 9.47 Å². The van der Waals surface area contributed by atoms with E-state index in [1.165, 1.54) is 0 Å². The number of nitriles is 2. The smallest absolute Gasteiger partial charge is 0.141 e. The van der Waals surface area contributed by atoms with Gasteiger partial charge in [0.25, 0.3) is 0 Å². The fourth-order valence-corrected chi connectivity index (χ4v) is 2.92. The maximum atomic E-state index is 9.42. The molecule has 0 amide bonds. The van der Waals surface area contributed by atoms with Crippen LogP contribution in [0.25, 0.3) is 0 Å². The first-order valence-electron chi connectivity index (χ1n) is 6.60. The van der Waals surface area contributed by atoms with Crippen LogP contribution in [-0.2, 0) is 19.3 Å². The molecule has 0 bridgehead atoms. The van der Waals surface area contributed by atoms with Gasteiger partial charge in [0, 0.05) is 16.7 Å². The Labute approximate surface area is 112 Å². The van der Waals surface area contributed by atoms with Gasteiger partial charge in [0.2, 0.25) is 0 Å². The van der Waals surface area contributed by atoms with Crippen LogP contribution in [0, 0.1) is 22.7 Å².